The molecule has 4 rings (SSSR count). The summed E-state index contributed by atoms with van der Waals surface area (Å²) < 4.78 is 16.8. The Morgan fingerprint density at radius 1 is 1.10 bits per heavy atom. The summed E-state index contributed by atoms with van der Waals surface area (Å²) in [5.41, 5.74) is 2.14. The van der Waals surface area contributed by atoms with Gasteiger partial charge in [0.2, 0.25) is 0 Å². The second-order valence-electron chi connectivity index (χ2n) is 7.49. The van der Waals surface area contributed by atoms with Crippen molar-refractivity contribution >= 4 is 16.9 Å². The highest BCUT2D eigenvalue weighted by Gasteiger charge is 2.23. The minimum Gasteiger partial charge on any atom is -0.497 e. The molecule has 0 aliphatic carbocycles. The molecule has 1 aliphatic rings. The monoisotopic (exact) mass is 422 g/mol. The zero-order valence-electron chi connectivity index (χ0n) is 18.1. The van der Waals surface area contributed by atoms with Crippen LogP contribution in [0, 0.1) is 0 Å². The average molecular weight is 423 g/mol. The predicted octanol–water partition coefficient (Wildman–Crippen LogP) is 3.18. The van der Waals surface area contributed by atoms with Crippen LogP contribution >= 0.6 is 0 Å². The topological polar surface area (TPSA) is 71.3 Å². The third-order valence-electron chi connectivity index (χ3n) is 5.58. The van der Waals surface area contributed by atoms with Crippen LogP contribution in [0.5, 0.6) is 5.75 Å². The lowest BCUT2D eigenvalue weighted by Crippen LogP contribution is -2.46. The van der Waals surface area contributed by atoms with E-state index in [-0.39, 0.29) is 6.04 Å². The number of methoxy groups -OCH3 is 1. The lowest BCUT2D eigenvalue weighted by atomic mass is 10.0. The number of aliphatic imine (C=N–C) groups is 1. The molecule has 1 unspecified atom stereocenters. The molecule has 1 aromatic heterocycles. The summed E-state index contributed by atoms with van der Waals surface area (Å²) in [6.07, 6.45) is 0. The number of morpholine rings is 1. The van der Waals surface area contributed by atoms with Gasteiger partial charge >= 0.3 is 0 Å². The summed E-state index contributed by atoms with van der Waals surface area (Å²) in [5.74, 6) is 2.48. The number of rotatable bonds is 7. The van der Waals surface area contributed by atoms with Gasteiger partial charge in [-0.2, -0.15) is 0 Å². The molecule has 0 bridgehead atoms. The molecule has 1 aliphatic heterocycles. The largest absolute Gasteiger partial charge is 0.497 e. The van der Waals surface area contributed by atoms with Gasteiger partial charge in [0, 0.05) is 32.1 Å². The Morgan fingerprint density at radius 3 is 2.58 bits per heavy atom. The molecule has 7 heteroatoms. The first-order valence-corrected chi connectivity index (χ1v) is 10.6. The molecule has 3 aromatic rings. The summed E-state index contributed by atoms with van der Waals surface area (Å²) in [4.78, 5) is 6.83. The number of benzene rings is 2. The van der Waals surface area contributed by atoms with Gasteiger partial charge in [-0.3, -0.25) is 9.89 Å². The molecule has 0 saturated carbocycles. The van der Waals surface area contributed by atoms with Gasteiger partial charge in [0.1, 0.15) is 17.1 Å². The normalized spacial score (nSPS) is 16.3. The van der Waals surface area contributed by atoms with Crippen molar-refractivity contribution in [2.45, 2.75) is 12.6 Å². The van der Waals surface area contributed by atoms with E-state index < -0.39 is 0 Å². The van der Waals surface area contributed by atoms with Crippen molar-refractivity contribution in [3.8, 4) is 5.75 Å². The molecular formula is C24H30N4O3. The minimum atomic E-state index is 0.208. The highest BCUT2D eigenvalue weighted by Crippen LogP contribution is 2.24. The second-order valence-corrected chi connectivity index (χ2v) is 7.49. The Kier molecular flexibility index (Phi) is 7.07. The fourth-order valence-corrected chi connectivity index (χ4v) is 3.88. The van der Waals surface area contributed by atoms with E-state index in [0.717, 1.165) is 61.3 Å². The number of hydrogen-bond donors (Lipinski definition) is 2. The van der Waals surface area contributed by atoms with E-state index in [1.165, 1.54) is 5.56 Å². The maximum Gasteiger partial charge on any atom is 0.191 e. The number of ether oxygens (including phenoxy) is 2. The number of hydrogen-bond acceptors (Lipinski definition) is 5. The van der Waals surface area contributed by atoms with Crippen molar-refractivity contribution in [1.29, 1.82) is 0 Å². The molecule has 2 heterocycles. The molecule has 2 aromatic carbocycles. The molecule has 1 fully saturated rings. The van der Waals surface area contributed by atoms with Crippen molar-refractivity contribution in [2.75, 3.05) is 47.0 Å². The van der Waals surface area contributed by atoms with Crippen molar-refractivity contribution in [2.24, 2.45) is 4.99 Å². The van der Waals surface area contributed by atoms with E-state index in [1.807, 2.05) is 30.3 Å². The first kappa shape index (κ1) is 21.2. The molecule has 0 amide bonds. The predicted molar refractivity (Wildman–Crippen MR) is 123 cm³/mol. The van der Waals surface area contributed by atoms with Crippen LogP contribution in [-0.4, -0.2) is 57.9 Å². The van der Waals surface area contributed by atoms with Crippen molar-refractivity contribution in [3.05, 3.63) is 65.9 Å². The maximum absolute atomic E-state index is 5.90. The molecule has 2 N–H and O–H groups in total. The van der Waals surface area contributed by atoms with E-state index in [1.54, 1.807) is 14.2 Å². The smallest absolute Gasteiger partial charge is 0.191 e. The Bertz CT molecular complexity index is 960. The third kappa shape index (κ3) is 5.37. The Hall–Kier alpha value is -3.03. The van der Waals surface area contributed by atoms with E-state index in [9.17, 15) is 0 Å². The van der Waals surface area contributed by atoms with Crippen molar-refractivity contribution in [1.82, 2.24) is 15.5 Å². The molecule has 1 saturated heterocycles. The van der Waals surface area contributed by atoms with Crippen molar-refractivity contribution in [3.63, 3.8) is 0 Å². The maximum atomic E-state index is 5.90. The Balaban J connectivity index is 1.40. The van der Waals surface area contributed by atoms with Crippen LogP contribution in [0.4, 0.5) is 0 Å². The zero-order valence-corrected chi connectivity index (χ0v) is 18.1. The first-order valence-electron chi connectivity index (χ1n) is 10.6. The summed E-state index contributed by atoms with van der Waals surface area (Å²) in [6.45, 7) is 4.62. The number of guanidine groups is 1. The number of furan rings is 1. The standard InChI is InChI=1S/C24H30N4O3/c1-25-24(26-16-21-15-19-5-3-4-6-23(19)31-21)27-17-22(28-11-13-30-14-12-28)18-7-9-20(29-2)10-8-18/h3-10,15,22H,11-14,16-17H2,1-2H3,(H2,25,26,27). The van der Waals surface area contributed by atoms with E-state index >= 15 is 0 Å². The van der Waals surface area contributed by atoms with Crippen LogP contribution in [0.2, 0.25) is 0 Å². The average Bonchev–Trinajstić information content (AvgIpc) is 3.25. The number of fused-ring (bicyclic) bond motifs is 1. The second kappa shape index (κ2) is 10.3. The molecule has 0 radical (unpaired) electrons. The Morgan fingerprint density at radius 2 is 1.87 bits per heavy atom. The van der Waals surface area contributed by atoms with Crippen molar-refractivity contribution < 1.29 is 13.9 Å². The number of nitrogens with zero attached hydrogens (tertiary/aromatic N) is 2. The van der Waals surface area contributed by atoms with Gasteiger partial charge < -0.3 is 24.5 Å². The SMILES string of the molecule is CN=C(NCc1cc2ccccc2o1)NCC(c1ccc(OC)cc1)N1CCOCC1. The Labute approximate surface area is 183 Å². The van der Waals surface area contributed by atoms with Crippen LogP contribution in [0.1, 0.15) is 17.4 Å². The highest BCUT2D eigenvalue weighted by atomic mass is 16.5. The fraction of sp³-hybridized carbons (Fsp3) is 0.375. The molecule has 164 valence electrons. The quantitative estimate of drug-likeness (QED) is 0.450. The van der Waals surface area contributed by atoms with Gasteiger partial charge in [-0.05, 0) is 29.8 Å². The van der Waals surface area contributed by atoms with Crippen LogP contribution in [-0.2, 0) is 11.3 Å². The molecular weight excluding hydrogens is 392 g/mol. The van der Waals surface area contributed by atoms with Crippen LogP contribution < -0.4 is 15.4 Å². The van der Waals surface area contributed by atoms with Gasteiger partial charge in [-0.1, -0.05) is 30.3 Å². The van der Waals surface area contributed by atoms with Crippen LogP contribution in [0.25, 0.3) is 11.0 Å². The van der Waals surface area contributed by atoms with E-state index in [2.05, 4.69) is 44.8 Å². The lowest BCUT2D eigenvalue weighted by Gasteiger charge is -2.35. The summed E-state index contributed by atoms with van der Waals surface area (Å²) in [7, 11) is 3.47. The summed E-state index contributed by atoms with van der Waals surface area (Å²) in [6, 6.07) is 18.6. The number of nitrogens with one attached hydrogen (secondary N) is 2. The van der Waals surface area contributed by atoms with Gasteiger partial charge in [0.25, 0.3) is 0 Å². The zero-order chi connectivity index (χ0) is 21.5. The van der Waals surface area contributed by atoms with Crippen LogP contribution in [0.15, 0.2) is 64.0 Å². The van der Waals surface area contributed by atoms with E-state index in [0.29, 0.717) is 6.54 Å². The van der Waals surface area contributed by atoms with E-state index in [4.69, 9.17) is 13.9 Å². The summed E-state index contributed by atoms with van der Waals surface area (Å²) in [5, 5.41) is 7.94. The minimum absolute atomic E-state index is 0.208. The number of para-hydroxylation sites is 1. The highest BCUT2D eigenvalue weighted by molar-refractivity contribution is 5.80. The fourth-order valence-electron chi connectivity index (χ4n) is 3.88. The molecule has 31 heavy (non-hydrogen) atoms. The van der Waals surface area contributed by atoms with Gasteiger partial charge in [0.05, 0.1) is 32.9 Å². The van der Waals surface area contributed by atoms with Gasteiger partial charge in [-0.25, -0.2) is 0 Å². The van der Waals surface area contributed by atoms with Crippen LogP contribution in [0.3, 0.4) is 0 Å². The molecule has 7 nitrogen and oxygen atoms in total. The lowest BCUT2D eigenvalue weighted by molar-refractivity contribution is 0.0170. The first-order chi connectivity index (χ1) is 15.3. The molecule has 0 spiro atoms. The summed E-state index contributed by atoms with van der Waals surface area (Å²) >= 11 is 0. The third-order valence-corrected chi connectivity index (χ3v) is 5.58. The molecule has 1 atom stereocenters. The van der Waals surface area contributed by atoms with Gasteiger partial charge in [0.15, 0.2) is 5.96 Å². The van der Waals surface area contributed by atoms with Gasteiger partial charge in [-0.15, -0.1) is 0 Å².